The van der Waals surface area contributed by atoms with Gasteiger partial charge >= 0.3 is 0 Å². The molecule has 4 heteroatoms. The third kappa shape index (κ3) is 3.31. The SMILES string of the molecule is CC(C)=NOC1(C)COC(c2ccccc2)OC1. The number of benzene rings is 1. The molecule has 1 aliphatic heterocycles. The van der Waals surface area contributed by atoms with E-state index in [1.165, 1.54) is 0 Å². The summed E-state index contributed by atoms with van der Waals surface area (Å²) in [6.45, 7) is 6.63. The van der Waals surface area contributed by atoms with Crippen molar-refractivity contribution in [3.05, 3.63) is 35.9 Å². The Bertz CT molecular complexity index is 404. The second-order valence-electron chi connectivity index (χ2n) is 4.94. The smallest absolute Gasteiger partial charge is 0.184 e. The van der Waals surface area contributed by atoms with Crippen molar-refractivity contribution in [2.24, 2.45) is 5.16 Å². The van der Waals surface area contributed by atoms with Gasteiger partial charge in [0.2, 0.25) is 0 Å². The van der Waals surface area contributed by atoms with Crippen LogP contribution in [0.3, 0.4) is 0 Å². The van der Waals surface area contributed by atoms with Crippen molar-refractivity contribution in [2.75, 3.05) is 13.2 Å². The van der Waals surface area contributed by atoms with Crippen molar-refractivity contribution < 1.29 is 14.3 Å². The molecule has 0 aliphatic carbocycles. The van der Waals surface area contributed by atoms with Crippen LogP contribution in [0.25, 0.3) is 0 Å². The van der Waals surface area contributed by atoms with Crippen LogP contribution < -0.4 is 0 Å². The number of nitrogens with zero attached hydrogens (tertiary/aromatic N) is 1. The van der Waals surface area contributed by atoms with Crippen LogP contribution in [-0.2, 0) is 14.3 Å². The largest absolute Gasteiger partial charge is 0.385 e. The monoisotopic (exact) mass is 249 g/mol. The van der Waals surface area contributed by atoms with Gasteiger partial charge in [-0.25, -0.2) is 0 Å². The molecule has 1 fully saturated rings. The van der Waals surface area contributed by atoms with Gasteiger partial charge in [-0.15, -0.1) is 0 Å². The second-order valence-corrected chi connectivity index (χ2v) is 4.94. The van der Waals surface area contributed by atoms with E-state index in [1.807, 2.05) is 51.1 Å². The summed E-state index contributed by atoms with van der Waals surface area (Å²) in [6.07, 6.45) is -0.311. The fourth-order valence-corrected chi connectivity index (χ4v) is 1.65. The van der Waals surface area contributed by atoms with E-state index in [0.717, 1.165) is 11.3 Å². The maximum atomic E-state index is 5.70. The molecule has 1 aliphatic rings. The lowest BCUT2D eigenvalue weighted by atomic mass is 10.1. The van der Waals surface area contributed by atoms with Gasteiger partial charge in [-0.1, -0.05) is 35.5 Å². The summed E-state index contributed by atoms with van der Waals surface area (Å²) in [5.41, 5.74) is 1.39. The summed E-state index contributed by atoms with van der Waals surface area (Å²) in [6, 6.07) is 9.89. The van der Waals surface area contributed by atoms with Crippen LogP contribution in [0.1, 0.15) is 32.6 Å². The quantitative estimate of drug-likeness (QED) is 0.611. The molecular weight excluding hydrogens is 230 g/mol. The molecule has 1 saturated heterocycles. The average molecular weight is 249 g/mol. The molecule has 0 spiro atoms. The van der Waals surface area contributed by atoms with Crippen molar-refractivity contribution in [1.29, 1.82) is 0 Å². The fraction of sp³-hybridized carbons (Fsp3) is 0.500. The summed E-state index contributed by atoms with van der Waals surface area (Å²) in [5.74, 6) is 0. The molecule has 0 amide bonds. The van der Waals surface area contributed by atoms with Crippen LogP contribution in [0.4, 0.5) is 0 Å². The molecule has 1 aromatic rings. The molecular formula is C14H19NO3. The van der Waals surface area contributed by atoms with E-state index in [9.17, 15) is 0 Å². The zero-order chi connectivity index (χ0) is 13.0. The Labute approximate surface area is 108 Å². The zero-order valence-electron chi connectivity index (χ0n) is 11.1. The molecule has 0 atom stereocenters. The Morgan fingerprint density at radius 3 is 2.39 bits per heavy atom. The molecule has 2 rings (SSSR count). The first-order valence-corrected chi connectivity index (χ1v) is 6.07. The highest BCUT2D eigenvalue weighted by Crippen LogP contribution is 2.28. The van der Waals surface area contributed by atoms with Crippen LogP contribution in [0, 0.1) is 0 Å². The molecule has 1 aromatic carbocycles. The van der Waals surface area contributed by atoms with Crippen LogP contribution in [0.2, 0.25) is 0 Å². The van der Waals surface area contributed by atoms with E-state index in [-0.39, 0.29) is 6.29 Å². The maximum Gasteiger partial charge on any atom is 0.184 e. The van der Waals surface area contributed by atoms with E-state index >= 15 is 0 Å². The minimum Gasteiger partial charge on any atom is -0.385 e. The highest BCUT2D eigenvalue weighted by Gasteiger charge is 2.35. The lowest BCUT2D eigenvalue weighted by Gasteiger charge is -2.35. The number of hydrogen-bond acceptors (Lipinski definition) is 4. The van der Waals surface area contributed by atoms with Gasteiger partial charge in [0.25, 0.3) is 0 Å². The Kier molecular flexibility index (Phi) is 3.99. The van der Waals surface area contributed by atoms with Gasteiger partial charge in [0.1, 0.15) is 0 Å². The summed E-state index contributed by atoms with van der Waals surface area (Å²) in [5, 5.41) is 3.97. The van der Waals surface area contributed by atoms with Gasteiger partial charge in [-0.3, -0.25) is 0 Å². The lowest BCUT2D eigenvalue weighted by molar-refractivity contribution is -0.264. The predicted molar refractivity (Wildman–Crippen MR) is 69.4 cm³/mol. The molecule has 1 heterocycles. The molecule has 0 radical (unpaired) electrons. The highest BCUT2D eigenvalue weighted by atomic mass is 16.7. The summed E-state index contributed by atoms with van der Waals surface area (Å²) < 4.78 is 11.4. The molecule has 98 valence electrons. The van der Waals surface area contributed by atoms with Crippen LogP contribution in [0.5, 0.6) is 0 Å². The minimum absolute atomic E-state index is 0.311. The molecule has 4 nitrogen and oxygen atoms in total. The van der Waals surface area contributed by atoms with E-state index in [1.54, 1.807) is 0 Å². The van der Waals surface area contributed by atoms with Crippen LogP contribution >= 0.6 is 0 Å². The molecule has 0 aromatic heterocycles. The average Bonchev–Trinajstić information content (AvgIpc) is 2.39. The van der Waals surface area contributed by atoms with E-state index < -0.39 is 5.60 Å². The maximum absolute atomic E-state index is 5.70. The predicted octanol–water partition coefficient (Wildman–Crippen LogP) is 2.90. The Balaban J connectivity index is 1.93. The topological polar surface area (TPSA) is 40.0 Å². The number of oxime groups is 1. The Morgan fingerprint density at radius 1 is 1.22 bits per heavy atom. The van der Waals surface area contributed by atoms with Gasteiger partial charge < -0.3 is 14.3 Å². The summed E-state index contributed by atoms with van der Waals surface area (Å²) in [4.78, 5) is 5.45. The highest BCUT2D eigenvalue weighted by molar-refractivity contribution is 5.78. The van der Waals surface area contributed by atoms with E-state index in [4.69, 9.17) is 14.3 Å². The van der Waals surface area contributed by atoms with Crippen molar-refractivity contribution in [2.45, 2.75) is 32.7 Å². The Morgan fingerprint density at radius 2 is 1.83 bits per heavy atom. The van der Waals surface area contributed by atoms with E-state index in [0.29, 0.717) is 13.2 Å². The third-order valence-corrected chi connectivity index (χ3v) is 2.60. The van der Waals surface area contributed by atoms with Gasteiger partial charge in [0.05, 0.1) is 18.9 Å². The van der Waals surface area contributed by atoms with E-state index in [2.05, 4.69) is 5.16 Å². The second kappa shape index (κ2) is 5.50. The summed E-state index contributed by atoms with van der Waals surface area (Å²) in [7, 11) is 0. The van der Waals surface area contributed by atoms with Crippen molar-refractivity contribution in [3.63, 3.8) is 0 Å². The van der Waals surface area contributed by atoms with Crippen molar-refractivity contribution >= 4 is 5.71 Å². The van der Waals surface area contributed by atoms with Crippen molar-refractivity contribution in [3.8, 4) is 0 Å². The lowest BCUT2D eigenvalue weighted by Crippen LogP contribution is -2.43. The first-order valence-electron chi connectivity index (χ1n) is 6.07. The first-order chi connectivity index (χ1) is 8.59. The Hall–Kier alpha value is -1.39. The number of hydrogen-bond donors (Lipinski definition) is 0. The first kappa shape index (κ1) is 13.1. The molecule has 0 bridgehead atoms. The molecule has 18 heavy (non-hydrogen) atoms. The van der Waals surface area contributed by atoms with Gasteiger partial charge in [0.15, 0.2) is 11.9 Å². The summed E-state index contributed by atoms with van der Waals surface area (Å²) >= 11 is 0. The van der Waals surface area contributed by atoms with Gasteiger partial charge in [0, 0.05) is 5.56 Å². The zero-order valence-corrected chi connectivity index (χ0v) is 11.1. The molecule has 0 unspecified atom stereocenters. The fourth-order valence-electron chi connectivity index (χ4n) is 1.65. The minimum atomic E-state index is -0.511. The van der Waals surface area contributed by atoms with Crippen LogP contribution in [-0.4, -0.2) is 24.5 Å². The van der Waals surface area contributed by atoms with Gasteiger partial charge in [-0.05, 0) is 20.8 Å². The van der Waals surface area contributed by atoms with Crippen molar-refractivity contribution in [1.82, 2.24) is 0 Å². The number of rotatable bonds is 3. The number of ether oxygens (including phenoxy) is 2. The van der Waals surface area contributed by atoms with Gasteiger partial charge in [-0.2, -0.15) is 0 Å². The molecule has 0 N–H and O–H groups in total. The normalized spacial score (nSPS) is 27.6. The molecule has 0 saturated carbocycles. The van der Waals surface area contributed by atoms with Crippen LogP contribution in [0.15, 0.2) is 35.5 Å². The standard InChI is InChI=1S/C14H19NO3/c1-11(2)15-18-14(3)9-16-13(17-10-14)12-7-5-4-6-8-12/h4-8,13H,9-10H2,1-3H3. The third-order valence-electron chi connectivity index (χ3n) is 2.60.